The van der Waals surface area contributed by atoms with E-state index in [1.54, 1.807) is 12.1 Å². The Balaban J connectivity index is 1.84. The second-order valence-electron chi connectivity index (χ2n) is 4.35. The first-order valence-corrected chi connectivity index (χ1v) is 6.42. The van der Waals surface area contributed by atoms with Crippen LogP contribution in [0.25, 0.3) is 0 Å². The molecule has 8 heteroatoms. The number of amides is 2. The average molecular weight is 303 g/mol. The van der Waals surface area contributed by atoms with Gasteiger partial charge in [-0.25, -0.2) is 0 Å². The van der Waals surface area contributed by atoms with Crippen molar-refractivity contribution in [1.29, 1.82) is 0 Å². The smallest absolute Gasteiger partial charge is 0.313 e. The zero-order valence-electron chi connectivity index (χ0n) is 11.4. The number of anilines is 1. The van der Waals surface area contributed by atoms with Gasteiger partial charge in [0.25, 0.3) is 5.69 Å². The van der Waals surface area contributed by atoms with Gasteiger partial charge in [0.2, 0.25) is 0 Å². The molecule has 0 fully saturated rings. The number of hydrogen-bond acceptors (Lipinski definition) is 5. The predicted octanol–water partition coefficient (Wildman–Crippen LogP) is 1.49. The summed E-state index contributed by atoms with van der Waals surface area (Å²) < 4.78 is 5.09. The van der Waals surface area contributed by atoms with Crippen molar-refractivity contribution in [2.75, 3.05) is 11.9 Å². The van der Waals surface area contributed by atoms with Gasteiger partial charge in [-0.1, -0.05) is 6.07 Å². The number of hydrogen-bond donors (Lipinski definition) is 2. The van der Waals surface area contributed by atoms with Gasteiger partial charge in [0.1, 0.15) is 5.76 Å². The summed E-state index contributed by atoms with van der Waals surface area (Å²) in [7, 11) is 0. The lowest BCUT2D eigenvalue weighted by molar-refractivity contribution is -0.384. The van der Waals surface area contributed by atoms with Gasteiger partial charge >= 0.3 is 11.8 Å². The molecule has 22 heavy (non-hydrogen) atoms. The van der Waals surface area contributed by atoms with E-state index in [9.17, 15) is 19.7 Å². The van der Waals surface area contributed by atoms with E-state index in [1.807, 2.05) is 0 Å². The highest BCUT2D eigenvalue weighted by Crippen LogP contribution is 2.16. The van der Waals surface area contributed by atoms with E-state index in [0.717, 1.165) is 0 Å². The normalized spacial score (nSPS) is 10.0. The predicted molar refractivity (Wildman–Crippen MR) is 77.1 cm³/mol. The number of nitro benzene ring substituents is 1. The molecule has 0 radical (unpaired) electrons. The first kappa shape index (κ1) is 15.2. The van der Waals surface area contributed by atoms with Crippen LogP contribution >= 0.6 is 0 Å². The molecule has 2 amide bonds. The van der Waals surface area contributed by atoms with Crippen LogP contribution in [0.3, 0.4) is 0 Å². The summed E-state index contributed by atoms with van der Waals surface area (Å²) in [6.07, 6.45) is 1.98. The van der Waals surface area contributed by atoms with Crippen molar-refractivity contribution in [3.8, 4) is 0 Å². The number of carbonyl (C=O) groups excluding carboxylic acids is 2. The van der Waals surface area contributed by atoms with E-state index < -0.39 is 16.7 Å². The molecule has 0 bridgehead atoms. The van der Waals surface area contributed by atoms with Crippen LogP contribution in [-0.4, -0.2) is 23.3 Å². The van der Waals surface area contributed by atoms with Crippen LogP contribution < -0.4 is 10.6 Å². The minimum Gasteiger partial charge on any atom is -0.469 e. The third-order valence-corrected chi connectivity index (χ3v) is 2.76. The maximum Gasteiger partial charge on any atom is 0.313 e. The number of nitrogens with zero attached hydrogens (tertiary/aromatic N) is 1. The Morgan fingerprint density at radius 1 is 1.18 bits per heavy atom. The largest absolute Gasteiger partial charge is 0.469 e. The maximum atomic E-state index is 11.7. The molecule has 1 aromatic heterocycles. The van der Waals surface area contributed by atoms with Crippen LogP contribution in [0.15, 0.2) is 47.1 Å². The SMILES string of the molecule is O=C(NCCc1ccco1)C(=O)Nc1cccc([N+](=O)[O-])c1. The number of rotatable bonds is 5. The number of carbonyl (C=O) groups is 2. The molecule has 0 unspecified atom stereocenters. The number of furan rings is 1. The van der Waals surface area contributed by atoms with Crippen LogP contribution in [0.2, 0.25) is 0 Å². The Bertz CT molecular complexity index is 682. The van der Waals surface area contributed by atoms with Crippen LogP contribution in [0.4, 0.5) is 11.4 Å². The standard InChI is InChI=1S/C14H13N3O5/c18-13(15-7-6-12-5-2-8-22-12)14(19)16-10-3-1-4-11(9-10)17(20)21/h1-5,8-9H,6-7H2,(H,15,18)(H,16,19). The van der Waals surface area contributed by atoms with E-state index in [0.29, 0.717) is 12.2 Å². The highest BCUT2D eigenvalue weighted by Gasteiger charge is 2.14. The first-order chi connectivity index (χ1) is 10.6. The van der Waals surface area contributed by atoms with Crippen molar-refractivity contribution < 1.29 is 18.9 Å². The minimum absolute atomic E-state index is 0.170. The molecule has 0 aliphatic rings. The molecular weight excluding hydrogens is 290 g/mol. The van der Waals surface area contributed by atoms with Crippen LogP contribution in [-0.2, 0) is 16.0 Å². The van der Waals surface area contributed by atoms with E-state index in [-0.39, 0.29) is 17.9 Å². The molecule has 0 saturated carbocycles. The minimum atomic E-state index is -0.889. The fourth-order valence-corrected chi connectivity index (χ4v) is 1.72. The summed E-state index contributed by atoms with van der Waals surface area (Å²) in [5.41, 5.74) is 0.0106. The van der Waals surface area contributed by atoms with Crippen LogP contribution in [0.1, 0.15) is 5.76 Å². The monoisotopic (exact) mass is 303 g/mol. The van der Waals surface area contributed by atoms with E-state index in [1.165, 1.54) is 30.5 Å². The van der Waals surface area contributed by atoms with Crippen LogP contribution in [0, 0.1) is 10.1 Å². The molecule has 1 aromatic carbocycles. The van der Waals surface area contributed by atoms with Crippen molar-refractivity contribution in [1.82, 2.24) is 5.32 Å². The fraction of sp³-hybridized carbons (Fsp3) is 0.143. The lowest BCUT2D eigenvalue weighted by atomic mass is 10.3. The van der Waals surface area contributed by atoms with Crippen LogP contribution in [0.5, 0.6) is 0 Å². The Kier molecular flexibility index (Phi) is 4.86. The molecule has 114 valence electrons. The first-order valence-electron chi connectivity index (χ1n) is 6.42. The number of non-ortho nitro benzene ring substituents is 1. The van der Waals surface area contributed by atoms with Gasteiger partial charge in [-0.15, -0.1) is 0 Å². The van der Waals surface area contributed by atoms with Gasteiger partial charge < -0.3 is 15.1 Å². The number of benzene rings is 1. The Morgan fingerprint density at radius 3 is 2.68 bits per heavy atom. The molecule has 0 saturated heterocycles. The fourth-order valence-electron chi connectivity index (χ4n) is 1.72. The van der Waals surface area contributed by atoms with Gasteiger partial charge in [-0.05, 0) is 18.2 Å². The van der Waals surface area contributed by atoms with Gasteiger partial charge in [0.05, 0.1) is 11.2 Å². The van der Waals surface area contributed by atoms with Gasteiger partial charge in [0, 0.05) is 30.8 Å². The van der Waals surface area contributed by atoms with Crippen molar-refractivity contribution in [3.05, 3.63) is 58.5 Å². The maximum absolute atomic E-state index is 11.7. The molecular formula is C14H13N3O5. The van der Waals surface area contributed by atoms with Crippen molar-refractivity contribution in [2.24, 2.45) is 0 Å². The van der Waals surface area contributed by atoms with Crippen molar-refractivity contribution in [2.45, 2.75) is 6.42 Å². The molecule has 0 atom stereocenters. The Hall–Kier alpha value is -3.16. The Labute approximate surface area is 125 Å². The highest BCUT2D eigenvalue weighted by molar-refractivity contribution is 6.39. The van der Waals surface area contributed by atoms with E-state index in [2.05, 4.69) is 10.6 Å². The van der Waals surface area contributed by atoms with Crippen molar-refractivity contribution in [3.63, 3.8) is 0 Å². The average Bonchev–Trinajstić information content (AvgIpc) is 3.00. The zero-order chi connectivity index (χ0) is 15.9. The second kappa shape index (κ2) is 7.02. The van der Waals surface area contributed by atoms with Crippen molar-refractivity contribution >= 4 is 23.2 Å². The summed E-state index contributed by atoms with van der Waals surface area (Å²) in [5, 5.41) is 15.4. The molecule has 2 aromatic rings. The van der Waals surface area contributed by atoms with Gasteiger partial charge in [-0.2, -0.15) is 0 Å². The van der Waals surface area contributed by atoms with Gasteiger partial charge in [-0.3, -0.25) is 19.7 Å². The zero-order valence-corrected chi connectivity index (χ0v) is 11.4. The van der Waals surface area contributed by atoms with Gasteiger partial charge in [0.15, 0.2) is 0 Å². The van der Waals surface area contributed by atoms with E-state index in [4.69, 9.17) is 4.42 Å². The molecule has 1 heterocycles. The molecule has 0 aliphatic carbocycles. The molecule has 0 aliphatic heterocycles. The summed E-state index contributed by atoms with van der Waals surface area (Å²) >= 11 is 0. The third kappa shape index (κ3) is 4.17. The summed E-state index contributed by atoms with van der Waals surface area (Å²) in [5.74, 6) is -1.02. The van der Waals surface area contributed by atoms with E-state index >= 15 is 0 Å². The quantitative estimate of drug-likeness (QED) is 0.493. The third-order valence-electron chi connectivity index (χ3n) is 2.76. The highest BCUT2D eigenvalue weighted by atomic mass is 16.6. The molecule has 2 N–H and O–H groups in total. The molecule has 8 nitrogen and oxygen atoms in total. The Morgan fingerprint density at radius 2 is 2.00 bits per heavy atom. The molecule has 0 spiro atoms. The summed E-state index contributed by atoms with van der Waals surface area (Å²) in [6, 6.07) is 8.83. The number of nitrogens with one attached hydrogen (secondary N) is 2. The topological polar surface area (TPSA) is 114 Å². The number of nitro groups is 1. The lowest BCUT2D eigenvalue weighted by Crippen LogP contribution is -2.36. The molecule has 2 rings (SSSR count). The summed E-state index contributed by atoms with van der Waals surface area (Å²) in [4.78, 5) is 33.3. The summed E-state index contributed by atoms with van der Waals surface area (Å²) in [6.45, 7) is 0.245. The second-order valence-corrected chi connectivity index (χ2v) is 4.35. The lowest BCUT2D eigenvalue weighted by Gasteiger charge is -2.05.